The molecule has 0 unspecified atom stereocenters. The first kappa shape index (κ1) is 12.4. The second-order valence-corrected chi connectivity index (χ2v) is 5.42. The van der Waals surface area contributed by atoms with Gasteiger partial charge in [-0.1, -0.05) is 0 Å². The van der Waals surface area contributed by atoms with E-state index in [1.54, 1.807) is 0 Å². The predicted molar refractivity (Wildman–Crippen MR) is 75.8 cm³/mol. The molecule has 92 valence electrons. The van der Waals surface area contributed by atoms with Crippen molar-refractivity contribution in [1.29, 1.82) is 5.41 Å². The minimum Gasteiger partial charge on any atom is -0.384 e. The summed E-state index contributed by atoms with van der Waals surface area (Å²) in [4.78, 5) is 2.38. The average Bonchev–Trinajstić information content (AvgIpc) is 3.10. The molecule has 1 aliphatic carbocycles. The molecule has 1 aromatic rings. The first-order valence-corrected chi connectivity index (χ1v) is 6.80. The zero-order valence-electron chi connectivity index (χ0n) is 10.0. The SMILES string of the molecule is CCN(CC1CC1)c1ccc(C(=N)N)cc1Br. The highest BCUT2D eigenvalue weighted by Crippen LogP contribution is 2.34. The highest BCUT2D eigenvalue weighted by atomic mass is 79.9. The summed E-state index contributed by atoms with van der Waals surface area (Å²) in [5.74, 6) is 0.983. The molecule has 1 aliphatic rings. The van der Waals surface area contributed by atoms with Crippen LogP contribution in [0.1, 0.15) is 25.3 Å². The average molecular weight is 296 g/mol. The van der Waals surface area contributed by atoms with Crippen LogP contribution in [-0.4, -0.2) is 18.9 Å². The lowest BCUT2D eigenvalue weighted by Gasteiger charge is -2.24. The molecule has 0 saturated heterocycles. The smallest absolute Gasteiger partial charge is 0.122 e. The second kappa shape index (κ2) is 5.08. The minimum absolute atomic E-state index is 0.113. The van der Waals surface area contributed by atoms with Gasteiger partial charge in [-0.3, -0.25) is 5.41 Å². The number of nitrogens with zero attached hydrogens (tertiary/aromatic N) is 1. The van der Waals surface area contributed by atoms with Gasteiger partial charge in [-0.05, 0) is 59.8 Å². The van der Waals surface area contributed by atoms with Crippen molar-refractivity contribution in [3.05, 3.63) is 28.2 Å². The van der Waals surface area contributed by atoms with Gasteiger partial charge in [0.1, 0.15) is 5.84 Å². The van der Waals surface area contributed by atoms with Crippen molar-refractivity contribution in [2.24, 2.45) is 11.7 Å². The van der Waals surface area contributed by atoms with E-state index in [0.717, 1.165) is 29.0 Å². The third kappa shape index (κ3) is 3.00. The quantitative estimate of drug-likeness (QED) is 0.648. The third-order valence-electron chi connectivity index (χ3n) is 3.16. The lowest BCUT2D eigenvalue weighted by molar-refractivity contribution is 0.741. The predicted octanol–water partition coefficient (Wildman–Crippen LogP) is 2.97. The Morgan fingerprint density at radius 3 is 2.71 bits per heavy atom. The van der Waals surface area contributed by atoms with E-state index in [1.165, 1.54) is 18.5 Å². The Bertz CT molecular complexity index is 427. The van der Waals surface area contributed by atoms with Gasteiger partial charge in [0.2, 0.25) is 0 Å². The topological polar surface area (TPSA) is 53.1 Å². The van der Waals surface area contributed by atoms with Gasteiger partial charge in [0.15, 0.2) is 0 Å². The Morgan fingerprint density at radius 2 is 2.24 bits per heavy atom. The standard InChI is InChI=1S/C13H18BrN3/c1-2-17(8-9-3-4-9)12-6-5-10(13(15)16)7-11(12)14/h5-7,9H,2-4,8H2,1H3,(H3,15,16). The number of hydrogen-bond donors (Lipinski definition) is 2. The van der Waals surface area contributed by atoms with E-state index in [2.05, 4.69) is 27.8 Å². The summed E-state index contributed by atoms with van der Waals surface area (Å²) >= 11 is 3.57. The van der Waals surface area contributed by atoms with E-state index < -0.39 is 0 Å². The fraction of sp³-hybridized carbons (Fsp3) is 0.462. The molecule has 0 bridgehead atoms. The first-order chi connectivity index (χ1) is 8.11. The van der Waals surface area contributed by atoms with E-state index in [9.17, 15) is 0 Å². The molecule has 0 amide bonds. The molecule has 0 atom stereocenters. The number of nitrogens with two attached hydrogens (primary N) is 1. The highest BCUT2D eigenvalue weighted by Gasteiger charge is 2.24. The van der Waals surface area contributed by atoms with Crippen LogP contribution in [0.25, 0.3) is 0 Å². The maximum absolute atomic E-state index is 7.42. The van der Waals surface area contributed by atoms with Crippen LogP contribution in [0.15, 0.2) is 22.7 Å². The van der Waals surface area contributed by atoms with Crippen LogP contribution in [0.4, 0.5) is 5.69 Å². The van der Waals surface area contributed by atoms with Crippen molar-refractivity contribution < 1.29 is 0 Å². The molecule has 3 nitrogen and oxygen atoms in total. The molecule has 4 heteroatoms. The summed E-state index contributed by atoms with van der Waals surface area (Å²) < 4.78 is 1.02. The maximum Gasteiger partial charge on any atom is 0.122 e. The summed E-state index contributed by atoms with van der Waals surface area (Å²) in [6.07, 6.45) is 2.72. The summed E-state index contributed by atoms with van der Waals surface area (Å²) in [5.41, 5.74) is 7.45. The monoisotopic (exact) mass is 295 g/mol. The number of benzene rings is 1. The molecule has 1 aromatic carbocycles. The summed E-state index contributed by atoms with van der Waals surface area (Å²) in [6, 6.07) is 5.89. The Labute approximate surface area is 111 Å². The fourth-order valence-corrected chi connectivity index (χ4v) is 2.57. The lowest BCUT2D eigenvalue weighted by atomic mass is 10.1. The third-order valence-corrected chi connectivity index (χ3v) is 3.79. The summed E-state index contributed by atoms with van der Waals surface area (Å²) in [6.45, 7) is 4.32. The fourth-order valence-electron chi connectivity index (χ4n) is 1.94. The van der Waals surface area contributed by atoms with Crippen LogP contribution < -0.4 is 10.6 Å². The van der Waals surface area contributed by atoms with Crippen molar-refractivity contribution >= 4 is 27.5 Å². The molecule has 0 radical (unpaired) electrons. The second-order valence-electron chi connectivity index (χ2n) is 4.56. The zero-order chi connectivity index (χ0) is 12.4. The normalized spacial score (nSPS) is 14.7. The molecule has 1 fully saturated rings. The van der Waals surface area contributed by atoms with Gasteiger partial charge < -0.3 is 10.6 Å². The minimum atomic E-state index is 0.113. The van der Waals surface area contributed by atoms with E-state index >= 15 is 0 Å². The van der Waals surface area contributed by atoms with Crippen LogP contribution in [0, 0.1) is 11.3 Å². The van der Waals surface area contributed by atoms with Crippen LogP contribution in [0.5, 0.6) is 0 Å². The molecule has 0 spiro atoms. The molecular formula is C13H18BrN3. The number of hydrogen-bond acceptors (Lipinski definition) is 2. The molecule has 0 heterocycles. The molecule has 1 saturated carbocycles. The van der Waals surface area contributed by atoms with Gasteiger partial charge in [-0.15, -0.1) is 0 Å². The van der Waals surface area contributed by atoms with Gasteiger partial charge in [0, 0.05) is 23.1 Å². The number of halogens is 1. The van der Waals surface area contributed by atoms with E-state index in [-0.39, 0.29) is 5.84 Å². The molecule has 3 N–H and O–H groups in total. The zero-order valence-corrected chi connectivity index (χ0v) is 11.6. The van der Waals surface area contributed by atoms with Crippen molar-refractivity contribution in [3.8, 4) is 0 Å². The van der Waals surface area contributed by atoms with Gasteiger partial charge in [-0.25, -0.2) is 0 Å². The molecular weight excluding hydrogens is 278 g/mol. The molecule has 17 heavy (non-hydrogen) atoms. The Kier molecular flexibility index (Phi) is 3.72. The molecule has 2 rings (SSSR count). The van der Waals surface area contributed by atoms with Crippen molar-refractivity contribution in [1.82, 2.24) is 0 Å². The van der Waals surface area contributed by atoms with E-state index in [0.29, 0.717) is 0 Å². The van der Waals surface area contributed by atoms with Crippen LogP contribution in [0.2, 0.25) is 0 Å². The highest BCUT2D eigenvalue weighted by molar-refractivity contribution is 9.10. The Balaban J connectivity index is 2.20. The summed E-state index contributed by atoms with van der Waals surface area (Å²) in [7, 11) is 0. The van der Waals surface area contributed by atoms with Gasteiger partial charge in [-0.2, -0.15) is 0 Å². The van der Waals surface area contributed by atoms with Crippen LogP contribution in [-0.2, 0) is 0 Å². The lowest BCUT2D eigenvalue weighted by Crippen LogP contribution is -2.25. The number of amidine groups is 1. The van der Waals surface area contributed by atoms with Crippen molar-refractivity contribution in [3.63, 3.8) is 0 Å². The Hall–Kier alpha value is -1.03. The first-order valence-electron chi connectivity index (χ1n) is 6.00. The van der Waals surface area contributed by atoms with Crippen molar-refractivity contribution in [2.75, 3.05) is 18.0 Å². The van der Waals surface area contributed by atoms with E-state index in [4.69, 9.17) is 11.1 Å². The van der Waals surface area contributed by atoms with Gasteiger partial charge >= 0.3 is 0 Å². The van der Waals surface area contributed by atoms with E-state index in [1.807, 2.05) is 18.2 Å². The number of nitrogens with one attached hydrogen (secondary N) is 1. The maximum atomic E-state index is 7.42. The van der Waals surface area contributed by atoms with Crippen LogP contribution in [0.3, 0.4) is 0 Å². The number of rotatable bonds is 5. The largest absolute Gasteiger partial charge is 0.384 e. The van der Waals surface area contributed by atoms with Gasteiger partial charge in [0.05, 0.1) is 5.69 Å². The number of nitrogen functional groups attached to an aromatic ring is 1. The molecule has 0 aliphatic heterocycles. The Morgan fingerprint density at radius 1 is 1.53 bits per heavy atom. The van der Waals surface area contributed by atoms with Gasteiger partial charge in [0.25, 0.3) is 0 Å². The number of anilines is 1. The molecule has 0 aromatic heterocycles. The van der Waals surface area contributed by atoms with Crippen molar-refractivity contribution in [2.45, 2.75) is 19.8 Å². The van der Waals surface area contributed by atoms with Crippen LogP contribution >= 0.6 is 15.9 Å². The summed E-state index contributed by atoms with van der Waals surface area (Å²) in [5, 5.41) is 7.42.